The highest BCUT2D eigenvalue weighted by atomic mass is 16.5. The highest BCUT2D eigenvalue weighted by molar-refractivity contribution is 4.83. The van der Waals surface area contributed by atoms with Gasteiger partial charge in [-0.15, -0.1) is 0 Å². The van der Waals surface area contributed by atoms with Gasteiger partial charge in [0.15, 0.2) is 0 Å². The van der Waals surface area contributed by atoms with E-state index in [9.17, 15) is 0 Å². The third-order valence-corrected chi connectivity index (χ3v) is 4.50. The van der Waals surface area contributed by atoms with Crippen LogP contribution in [0.5, 0.6) is 0 Å². The average molecular weight is 239 g/mol. The molecule has 1 aliphatic carbocycles. The van der Waals surface area contributed by atoms with Gasteiger partial charge in [-0.2, -0.15) is 0 Å². The SMILES string of the molecule is CCC1CCCC(OC2CC(C)NC(C)C2)C1. The Morgan fingerprint density at radius 1 is 1.00 bits per heavy atom. The Kier molecular flexibility index (Phi) is 4.87. The molecule has 1 saturated heterocycles. The molecule has 2 fully saturated rings. The molecule has 2 aliphatic rings. The van der Waals surface area contributed by atoms with Gasteiger partial charge in [0.1, 0.15) is 0 Å². The smallest absolute Gasteiger partial charge is 0.0608 e. The third-order valence-electron chi connectivity index (χ3n) is 4.50. The Balaban J connectivity index is 1.79. The van der Waals surface area contributed by atoms with Crippen molar-refractivity contribution in [2.45, 2.75) is 90.0 Å². The summed E-state index contributed by atoms with van der Waals surface area (Å²) < 4.78 is 6.37. The minimum atomic E-state index is 0.502. The van der Waals surface area contributed by atoms with E-state index < -0.39 is 0 Å². The quantitative estimate of drug-likeness (QED) is 0.814. The van der Waals surface area contributed by atoms with E-state index in [4.69, 9.17) is 4.74 Å². The first-order valence-electron chi connectivity index (χ1n) is 7.58. The molecule has 4 atom stereocenters. The second-order valence-corrected chi connectivity index (χ2v) is 6.26. The van der Waals surface area contributed by atoms with E-state index in [0.717, 1.165) is 5.92 Å². The number of rotatable bonds is 3. The van der Waals surface area contributed by atoms with Crippen molar-refractivity contribution < 1.29 is 4.74 Å². The molecule has 2 rings (SSSR count). The van der Waals surface area contributed by atoms with Crippen LogP contribution < -0.4 is 5.32 Å². The Bertz CT molecular complexity index is 221. The lowest BCUT2D eigenvalue weighted by molar-refractivity contribution is -0.0622. The van der Waals surface area contributed by atoms with Crippen LogP contribution in [-0.4, -0.2) is 24.3 Å². The summed E-state index contributed by atoms with van der Waals surface area (Å²) >= 11 is 0. The van der Waals surface area contributed by atoms with Crippen LogP contribution in [0.1, 0.15) is 65.7 Å². The normalized spacial score (nSPS) is 43.6. The fraction of sp³-hybridized carbons (Fsp3) is 1.00. The predicted octanol–water partition coefficient (Wildman–Crippen LogP) is 3.50. The minimum absolute atomic E-state index is 0.502. The fourth-order valence-corrected chi connectivity index (χ4v) is 3.63. The van der Waals surface area contributed by atoms with Crippen LogP contribution in [0.4, 0.5) is 0 Å². The molecule has 0 aromatic rings. The Labute approximate surface area is 107 Å². The van der Waals surface area contributed by atoms with E-state index in [-0.39, 0.29) is 0 Å². The van der Waals surface area contributed by atoms with Gasteiger partial charge in [-0.05, 0) is 45.4 Å². The van der Waals surface area contributed by atoms with Crippen molar-refractivity contribution >= 4 is 0 Å². The van der Waals surface area contributed by atoms with Crippen molar-refractivity contribution in [1.29, 1.82) is 0 Å². The molecule has 0 bridgehead atoms. The first-order chi connectivity index (χ1) is 8.17. The summed E-state index contributed by atoms with van der Waals surface area (Å²) in [5.74, 6) is 0.922. The molecule has 4 unspecified atom stereocenters. The Hall–Kier alpha value is -0.0800. The second-order valence-electron chi connectivity index (χ2n) is 6.26. The van der Waals surface area contributed by atoms with Crippen LogP contribution in [0.3, 0.4) is 0 Å². The molecule has 100 valence electrons. The van der Waals surface area contributed by atoms with Crippen molar-refractivity contribution in [2.75, 3.05) is 0 Å². The van der Waals surface area contributed by atoms with Gasteiger partial charge in [0, 0.05) is 12.1 Å². The van der Waals surface area contributed by atoms with Gasteiger partial charge in [0.2, 0.25) is 0 Å². The first-order valence-corrected chi connectivity index (χ1v) is 7.58. The van der Waals surface area contributed by atoms with Gasteiger partial charge < -0.3 is 10.1 Å². The second kappa shape index (κ2) is 6.19. The summed E-state index contributed by atoms with van der Waals surface area (Å²) in [7, 11) is 0. The molecule has 2 nitrogen and oxygen atoms in total. The lowest BCUT2D eigenvalue weighted by Gasteiger charge is -2.37. The highest BCUT2D eigenvalue weighted by Crippen LogP contribution is 2.30. The average Bonchev–Trinajstić information content (AvgIpc) is 2.28. The van der Waals surface area contributed by atoms with Gasteiger partial charge in [0.25, 0.3) is 0 Å². The molecule has 0 aromatic heterocycles. The maximum absolute atomic E-state index is 6.37. The molecule has 0 aromatic carbocycles. The molecule has 0 radical (unpaired) electrons. The van der Waals surface area contributed by atoms with Gasteiger partial charge in [0.05, 0.1) is 12.2 Å². The number of hydrogen-bond acceptors (Lipinski definition) is 2. The Morgan fingerprint density at radius 3 is 2.35 bits per heavy atom. The Morgan fingerprint density at radius 2 is 1.71 bits per heavy atom. The molecule has 17 heavy (non-hydrogen) atoms. The van der Waals surface area contributed by atoms with E-state index in [1.54, 1.807) is 0 Å². The van der Waals surface area contributed by atoms with Gasteiger partial charge in [-0.3, -0.25) is 0 Å². The molecular formula is C15H29NO. The van der Waals surface area contributed by atoms with Crippen LogP contribution in [0, 0.1) is 5.92 Å². The first kappa shape index (κ1) is 13.4. The van der Waals surface area contributed by atoms with Crippen LogP contribution in [0.15, 0.2) is 0 Å². The topological polar surface area (TPSA) is 21.3 Å². The minimum Gasteiger partial charge on any atom is -0.375 e. The van der Waals surface area contributed by atoms with E-state index in [1.807, 2.05) is 0 Å². The van der Waals surface area contributed by atoms with Crippen molar-refractivity contribution in [2.24, 2.45) is 5.92 Å². The van der Waals surface area contributed by atoms with Crippen molar-refractivity contribution in [1.82, 2.24) is 5.32 Å². The van der Waals surface area contributed by atoms with Gasteiger partial charge in [-0.25, -0.2) is 0 Å². The van der Waals surface area contributed by atoms with E-state index in [2.05, 4.69) is 26.1 Å². The summed E-state index contributed by atoms with van der Waals surface area (Å²) in [5.41, 5.74) is 0. The maximum atomic E-state index is 6.37. The molecule has 1 saturated carbocycles. The van der Waals surface area contributed by atoms with E-state index in [1.165, 1.54) is 44.9 Å². The lowest BCUT2D eigenvalue weighted by atomic mass is 9.85. The van der Waals surface area contributed by atoms with E-state index >= 15 is 0 Å². The molecule has 0 spiro atoms. The van der Waals surface area contributed by atoms with Crippen LogP contribution in [-0.2, 0) is 4.74 Å². The molecular weight excluding hydrogens is 210 g/mol. The number of piperidine rings is 1. The fourth-order valence-electron chi connectivity index (χ4n) is 3.63. The van der Waals surface area contributed by atoms with Crippen LogP contribution >= 0.6 is 0 Å². The van der Waals surface area contributed by atoms with Crippen molar-refractivity contribution in [3.8, 4) is 0 Å². The van der Waals surface area contributed by atoms with Crippen LogP contribution in [0.2, 0.25) is 0 Å². The van der Waals surface area contributed by atoms with Gasteiger partial charge >= 0.3 is 0 Å². The number of hydrogen-bond donors (Lipinski definition) is 1. The molecule has 1 heterocycles. The monoisotopic (exact) mass is 239 g/mol. The van der Waals surface area contributed by atoms with Crippen LogP contribution in [0.25, 0.3) is 0 Å². The lowest BCUT2D eigenvalue weighted by Crippen LogP contribution is -2.46. The number of ether oxygens (including phenoxy) is 1. The largest absolute Gasteiger partial charge is 0.375 e. The third kappa shape index (κ3) is 3.96. The standard InChI is InChI=1S/C15H29NO/c1-4-13-6-5-7-14(10-13)17-15-8-11(2)16-12(3)9-15/h11-16H,4-10H2,1-3H3. The zero-order valence-corrected chi connectivity index (χ0v) is 11.7. The maximum Gasteiger partial charge on any atom is 0.0608 e. The zero-order valence-electron chi connectivity index (χ0n) is 11.7. The molecule has 1 N–H and O–H groups in total. The van der Waals surface area contributed by atoms with E-state index in [0.29, 0.717) is 24.3 Å². The summed E-state index contributed by atoms with van der Waals surface area (Å²) in [4.78, 5) is 0. The molecule has 0 amide bonds. The van der Waals surface area contributed by atoms with Gasteiger partial charge in [-0.1, -0.05) is 26.2 Å². The summed E-state index contributed by atoms with van der Waals surface area (Å²) in [5, 5.41) is 3.59. The number of nitrogens with one attached hydrogen (secondary N) is 1. The molecule has 2 heteroatoms. The van der Waals surface area contributed by atoms with Crippen molar-refractivity contribution in [3.63, 3.8) is 0 Å². The zero-order chi connectivity index (χ0) is 12.3. The summed E-state index contributed by atoms with van der Waals surface area (Å²) in [6.45, 7) is 6.88. The highest BCUT2D eigenvalue weighted by Gasteiger charge is 2.28. The summed E-state index contributed by atoms with van der Waals surface area (Å²) in [6, 6.07) is 1.24. The predicted molar refractivity (Wildman–Crippen MR) is 72.2 cm³/mol. The molecule has 1 aliphatic heterocycles. The van der Waals surface area contributed by atoms with Crippen molar-refractivity contribution in [3.05, 3.63) is 0 Å². The summed E-state index contributed by atoms with van der Waals surface area (Å²) in [6.07, 6.45) is 10.2.